The standard InChI is InChI=1S/C12H17N3O3/c1-7-4-5-10(6-11(7)15(17)18)9(3)14-12(16)8(2)13/h4-6,8-9H,13H2,1-3H3,(H,14,16)/t8-,9?/m0/s1. The van der Waals surface area contributed by atoms with E-state index in [1.807, 2.05) is 0 Å². The van der Waals surface area contributed by atoms with Crippen molar-refractivity contribution in [3.63, 3.8) is 0 Å². The molecule has 1 aromatic rings. The van der Waals surface area contributed by atoms with Crippen molar-refractivity contribution in [2.24, 2.45) is 5.73 Å². The molecule has 2 atom stereocenters. The molecule has 0 saturated carbocycles. The van der Waals surface area contributed by atoms with E-state index in [0.717, 1.165) is 0 Å². The highest BCUT2D eigenvalue weighted by Gasteiger charge is 2.16. The number of nitro groups is 1. The molecule has 0 fully saturated rings. The molecule has 3 N–H and O–H groups in total. The van der Waals surface area contributed by atoms with Crippen LogP contribution in [0.3, 0.4) is 0 Å². The van der Waals surface area contributed by atoms with Crippen LogP contribution in [-0.2, 0) is 4.79 Å². The summed E-state index contributed by atoms with van der Waals surface area (Å²) < 4.78 is 0. The van der Waals surface area contributed by atoms with Gasteiger partial charge in [0.05, 0.1) is 17.0 Å². The lowest BCUT2D eigenvalue weighted by molar-refractivity contribution is -0.385. The minimum atomic E-state index is -0.604. The number of carbonyl (C=O) groups is 1. The number of nitro benzene ring substituents is 1. The summed E-state index contributed by atoms with van der Waals surface area (Å²) in [6.45, 7) is 5.02. The van der Waals surface area contributed by atoms with Crippen molar-refractivity contribution in [1.29, 1.82) is 0 Å². The second-order valence-corrected chi connectivity index (χ2v) is 4.32. The number of hydrogen-bond donors (Lipinski definition) is 2. The van der Waals surface area contributed by atoms with Gasteiger partial charge in [0.2, 0.25) is 5.91 Å². The molecule has 1 aromatic carbocycles. The van der Waals surface area contributed by atoms with Gasteiger partial charge in [-0.2, -0.15) is 0 Å². The molecule has 0 saturated heterocycles. The van der Waals surface area contributed by atoms with Crippen molar-refractivity contribution >= 4 is 11.6 Å². The molecule has 6 nitrogen and oxygen atoms in total. The molecule has 0 radical (unpaired) electrons. The minimum absolute atomic E-state index is 0.0504. The lowest BCUT2D eigenvalue weighted by Gasteiger charge is -2.16. The molecule has 98 valence electrons. The zero-order valence-corrected chi connectivity index (χ0v) is 10.6. The van der Waals surface area contributed by atoms with E-state index >= 15 is 0 Å². The Balaban J connectivity index is 2.93. The fourth-order valence-corrected chi connectivity index (χ4v) is 1.52. The maximum absolute atomic E-state index is 11.4. The highest BCUT2D eigenvalue weighted by molar-refractivity contribution is 5.81. The molecule has 6 heteroatoms. The monoisotopic (exact) mass is 251 g/mol. The number of nitrogens with two attached hydrogens (primary N) is 1. The van der Waals surface area contributed by atoms with E-state index in [2.05, 4.69) is 5.32 Å². The molecule has 0 aromatic heterocycles. The Morgan fingerprint density at radius 3 is 2.56 bits per heavy atom. The van der Waals surface area contributed by atoms with Gasteiger partial charge in [-0.15, -0.1) is 0 Å². The van der Waals surface area contributed by atoms with Crippen LogP contribution in [0.4, 0.5) is 5.69 Å². The van der Waals surface area contributed by atoms with E-state index in [-0.39, 0.29) is 17.6 Å². The van der Waals surface area contributed by atoms with Gasteiger partial charge in [-0.05, 0) is 26.3 Å². The normalized spacial score (nSPS) is 13.8. The summed E-state index contributed by atoms with van der Waals surface area (Å²) in [5.41, 5.74) is 6.77. The van der Waals surface area contributed by atoms with E-state index in [0.29, 0.717) is 11.1 Å². The van der Waals surface area contributed by atoms with Crippen molar-refractivity contribution in [3.05, 3.63) is 39.4 Å². The molecule has 0 spiro atoms. The van der Waals surface area contributed by atoms with Gasteiger partial charge in [-0.1, -0.05) is 12.1 Å². The molecule has 18 heavy (non-hydrogen) atoms. The van der Waals surface area contributed by atoms with Gasteiger partial charge >= 0.3 is 0 Å². The van der Waals surface area contributed by atoms with E-state index in [4.69, 9.17) is 5.73 Å². The number of benzene rings is 1. The van der Waals surface area contributed by atoms with Crippen LogP contribution in [-0.4, -0.2) is 16.9 Å². The molecule has 1 unspecified atom stereocenters. The van der Waals surface area contributed by atoms with Crippen molar-refractivity contribution in [1.82, 2.24) is 5.32 Å². The van der Waals surface area contributed by atoms with Crippen LogP contribution in [0.25, 0.3) is 0 Å². The third-order valence-electron chi connectivity index (χ3n) is 2.70. The van der Waals surface area contributed by atoms with Gasteiger partial charge in [0.1, 0.15) is 0 Å². The molecular formula is C12H17N3O3. The summed E-state index contributed by atoms with van der Waals surface area (Å²) in [6.07, 6.45) is 0. The van der Waals surface area contributed by atoms with E-state index in [9.17, 15) is 14.9 Å². The summed E-state index contributed by atoms with van der Waals surface area (Å²) in [5, 5.41) is 13.5. The van der Waals surface area contributed by atoms with Crippen LogP contribution in [0.1, 0.15) is 31.0 Å². The van der Waals surface area contributed by atoms with Crippen LogP contribution in [0.15, 0.2) is 18.2 Å². The highest BCUT2D eigenvalue weighted by Crippen LogP contribution is 2.23. The minimum Gasteiger partial charge on any atom is -0.348 e. The average Bonchev–Trinajstić information content (AvgIpc) is 2.28. The first kappa shape index (κ1) is 14.1. The Labute approximate surface area is 105 Å². The zero-order valence-electron chi connectivity index (χ0n) is 10.6. The summed E-state index contributed by atoms with van der Waals surface area (Å²) >= 11 is 0. The number of amides is 1. The van der Waals surface area contributed by atoms with Gasteiger partial charge < -0.3 is 11.1 Å². The summed E-state index contributed by atoms with van der Waals surface area (Å²) in [6, 6.07) is 3.98. The number of hydrogen-bond acceptors (Lipinski definition) is 4. The van der Waals surface area contributed by atoms with Gasteiger partial charge in [0.15, 0.2) is 0 Å². The third kappa shape index (κ3) is 3.27. The van der Waals surface area contributed by atoms with Crippen LogP contribution >= 0.6 is 0 Å². The lowest BCUT2D eigenvalue weighted by Crippen LogP contribution is -2.39. The SMILES string of the molecule is Cc1ccc(C(C)NC(=O)[C@H](C)N)cc1[N+](=O)[O-]. The number of nitrogens with one attached hydrogen (secondary N) is 1. The summed E-state index contributed by atoms with van der Waals surface area (Å²) in [4.78, 5) is 21.8. The number of rotatable bonds is 4. The topological polar surface area (TPSA) is 98.3 Å². The van der Waals surface area contributed by atoms with Gasteiger partial charge in [0, 0.05) is 11.6 Å². The van der Waals surface area contributed by atoms with Crippen LogP contribution < -0.4 is 11.1 Å². The Morgan fingerprint density at radius 1 is 1.44 bits per heavy atom. The molecule has 0 bridgehead atoms. The Kier molecular flexibility index (Phi) is 4.38. The van der Waals surface area contributed by atoms with Gasteiger partial charge in [0.25, 0.3) is 5.69 Å². The fourth-order valence-electron chi connectivity index (χ4n) is 1.52. The van der Waals surface area contributed by atoms with Gasteiger partial charge in [-0.3, -0.25) is 14.9 Å². The van der Waals surface area contributed by atoms with Crippen molar-refractivity contribution in [3.8, 4) is 0 Å². The quantitative estimate of drug-likeness (QED) is 0.624. The van der Waals surface area contributed by atoms with E-state index in [1.54, 1.807) is 32.9 Å². The Morgan fingerprint density at radius 2 is 2.06 bits per heavy atom. The fraction of sp³-hybridized carbons (Fsp3) is 0.417. The van der Waals surface area contributed by atoms with E-state index in [1.165, 1.54) is 6.07 Å². The molecular weight excluding hydrogens is 234 g/mol. The van der Waals surface area contributed by atoms with Crippen molar-refractivity contribution < 1.29 is 9.72 Å². The first-order chi connectivity index (χ1) is 8.32. The maximum Gasteiger partial charge on any atom is 0.272 e. The Hall–Kier alpha value is -1.95. The van der Waals surface area contributed by atoms with Crippen molar-refractivity contribution in [2.45, 2.75) is 32.9 Å². The summed E-state index contributed by atoms with van der Waals surface area (Å²) in [5.74, 6) is -0.286. The second kappa shape index (κ2) is 5.59. The van der Waals surface area contributed by atoms with Crippen LogP contribution in [0.2, 0.25) is 0 Å². The second-order valence-electron chi connectivity index (χ2n) is 4.32. The molecule has 1 amide bonds. The van der Waals surface area contributed by atoms with Crippen LogP contribution in [0.5, 0.6) is 0 Å². The van der Waals surface area contributed by atoms with E-state index < -0.39 is 11.0 Å². The molecule has 0 heterocycles. The molecule has 0 aliphatic carbocycles. The predicted molar refractivity (Wildman–Crippen MR) is 68.0 cm³/mol. The lowest BCUT2D eigenvalue weighted by atomic mass is 10.0. The highest BCUT2D eigenvalue weighted by atomic mass is 16.6. The number of nitrogens with zero attached hydrogens (tertiary/aromatic N) is 1. The Bertz CT molecular complexity index is 472. The number of carbonyl (C=O) groups excluding carboxylic acids is 1. The smallest absolute Gasteiger partial charge is 0.272 e. The summed E-state index contributed by atoms with van der Waals surface area (Å²) in [7, 11) is 0. The first-order valence-corrected chi connectivity index (χ1v) is 5.63. The predicted octanol–water partition coefficient (Wildman–Crippen LogP) is 1.43. The third-order valence-corrected chi connectivity index (χ3v) is 2.70. The zero-order chi connectivity index (χ0) is 13.9. The maximum atomic E-state index is 11.4. The molecule has 0 aliphatic rings. The average molecular weight is 251 g/mol. The molecule has 0 aliphatic heterocycles. The first-order valence-electron chi connectivity index (χ1n) is 5.63. The van der Waals surface area contributed by atoms with Gasteiger partial charge in [-0.25, -0.2) is 0 Å². The van der Waals surface area contributed by atoms with Crippen molar-refractivity contribution in [2.75, 3.05) is 0 Å². The molecule has 1 rings (SSSR count). The van der Waals surface area contributed by atoms with Crippen LogP contribution in [0, 0.1) is 17.0 Å². The number of aryl methyl sites for hydroxylation is 1. The largest absolute Gasteiger partial charge is 0.348 e.